The van der Waals surface area contributed by atoms with Crippen LogP contribution in [0.2, 0.25) is 0 Å². The van der Waals surface area contributed by atoms with Crippen LogP contribution in [0, 0.1) is 17.6 Å². The number of nitrogens with zero attached hydrogens (tertiary/aromatic N) is 3. The van der Waals surface area contributed by atoms with Gasteiger partial charge in [-0.3, -0.25) is 14.5 Å². The summed E-state index contributed by atoms with van der Waals surface area (Å²) >= 11 is 0. The number of benzene rings is 2. The van der Waals surface area contributed by atoms with E-state index in [1.54, 1.807) is 12.3 Å². The van der Waals surface area contributed by atoms with Gasteiger partial charge in [-0.15, -0.1) is 0 Å². The normalized spacial score (nSPS) is 14.2. The number of rotatable bonds is 9. The number of pyridine rings is 1. The first-order chi connectivity index (χ1) is 19.0. The number of fused-ring (bicyclic) bond motifs is 1. The van der Waals surface area contributed by atoms with Gasteiger partial charge in [0.2, 0.25) is 11.8 Å². The third-order valence-corrected chi connectivity index (χ3v) is 7.53. The van der Waals surface area contributed by atoms with Crippen molar-refractivity contribution in [3.63, 3.8) is 0 Å². The van der Waals surface area contributed by atoms with Crippen LogP contribution in [0.1, 0.15) is 43.9 Å². The minimum Gasteiger partial charge on any atom is -0.344 e. The van der Waals surface area contributed by atoms with Crippen LogP contribution in [0.3, 0.4) is 0 Å². The fourth-order valence-corrected chi connectivity index (χ4v) is 4.78. The number of nitrogens with one attached hydrogen (secondary N) is 1. The smallest absolute Gasteiger partial charge is 0.242 e. The van der Waals surface area contributed by atoms with E-state index in [9.17, 15) is 18.4 Å². The SMILES string of the molecule is CCN(C)C(C)(C)C(=O)N(C)CCCc1ccc2c(c1)C[C@H](C(=O)Nc1ccccn1)C2.Fc1cccc(F)c1. The molecule has 1 aromatic heterocycles. The van der Waals surface area contributed by atoms with Crippen LogP contribution in [0.5, 0.6) is 0 Å². The highest BCUT2D eigenvalue weighted by molar-refractivity contribution is 5.92. The Kier molecular flexibility index (Phi) is 10.9. The Morgan fingerprint density at radius 1 is 0.975 bits per heavy atom. The van der Waals surface area contributed by atoms with Gasteiger partial charge in [-0.2, -0.15) is 0 Å². The van der Waals surface area contributed by atoms with Crippen LogP contribution >= 0.6 is 0 Å². The number of carbonyl (C=O) groups is 2. The van der Waals surface area contributed by atoms with Gasteiger partial charge in [0, 0.05) is 31.8 Å². The number of aromatic nitrogens is 1. The molecule has 2 amide bonds. The Hall–Kier alpha value is -3.65. The van der Waals surface area contributed by atoms with Crippen LogP contribution in [-0.2, 0) is 28.9 Å². The summed E-state index contributed by atoms with van der Waals surface area (Å²) in [6, 6.07) is 16.6. The second kappa shape index (κ2) is 14.1. The number of anilines is 1. The topological polar surface area (TPSA) is 65.5 Å². The second-order valence-corrected chi connectivity index (χ2v) is 10.8. The highest BCUT2D eigenvalue weighted by atomic mass is 19.1. The van der Waals surface area contributed by atoms with E-state index in [0.29, 0.717) is 5.82 Å². The maximum atomic E-state index is 12.8. The van der Waals surface area contributed by atoms with Crippen molar-refractivity contribution in [1.82, 2.24) is 14.8 Å². The number of halogens is 2. The zero-order valence-corrected chi connectivity index (χ0v) is 24.1. The molecule has 2 aromatic carbocycles. The first kappa shape index (κ1) is 30.9. The quantitative estimate of drug-likeness (QED) is 0.381. The highest BCUT2D eigenvalue weighted by Crippen LogP contribution is 2.29. The van der Waals surface area contributed by atoms with Gasteiger partial charge >= 0.3 is 0 Å². The van der Waals surface area contributed by atoms with E-state index in [1.165, 1.54) is 34.9 Å². The molecule has 214 valence electrons. The number of likely N-dealkylation sites (N-methyl/N-ethyl adjacent to an activating group) is 2. The molecule has 1 atom stereocenters. The Bertz CT molecular complexity index is 1270. The maximum Gasteiger partial charge on any atom is 0.242 e. The highest BCUT2D eigenvalue weighted by Gasteiger charge is 2.33. The lowest BCUT2D eigenvalue weighted by Crippen LogP contribution is -2.53. The average Bonchev–Trinajstić information content (AvgIpc) is 3.36. The van der Waals surface area contributed by atoms with Gasteiger partial charge in [-0.25, -0.2) is 13.8 Å². The van der Waals surface area contributed by atoms with Crippen molar-refractivity contribution in [3.8, 4) is 0 Å². The van der Waals surface area contributed by atoms with Crippen molar-refractivity contribution in [2.75, 3.05) is 32.5 Å². The van der Waals surface area contributed by atoms with Gasteiger partial charge in [-0.1, -0.05) is 37.3 Å². The van der Waals surface area contributed by atoms with Crippen LogP contribution in [0.4, 0.5) is 14.6 Å². The van der Waals surface area contributed by atoms with Crippen molar-refractivity contribution >= 4 is 17.6 Å². The van der Waals surface area contributed by atoms with Crippen molar-refractivity contribution in [2.24, 2.45) is 5.92 Å². The number of aryl methyl sites for hydroxylation is 1. The lowest BCUT2D eigenvalue weighted by atomic mass is 10.0. The zero-order valence-electron chi connectivity index (χ0n) is 24.1. The molecule has 6 nitrogen and oxygen atoms in total. The first-order valence-corrected chi connectivity index (χ1v) is 13.7. The van der Waals surface area contributed by atoms with Gasteiger partial charge in [0.15, 0.2) is 0 Å². The maximum absolute atomic E-state index is 12.8. The largest absolute Gasteiger partial charge is 0.344 e. The molecule has 1 heterocycles. The molecule has 0 unspecified atom stereocenters. The van der Waals surface area contributed by atoms with E-state index in [4.69, 9.17) is 0 Å². The Morgan fingerprint density at radius 3 is 2.27 bits per heavy atom. The molecule has 8 heteroatoms. The van der Waals surface area contributed by atoms with E-state index < -0.39 is 17.2 Å². The van der Waals surface area contributed by atoms with Crippen molar-refractivity contribution in [3.05, 3.63) is 95.2 Å². The van der Waals surface area contributed by atoms with E-state index >= 15 is 0 Å². The van der Waals surface area contributed by atoms with Gasteiger partial charge in [-0.05, 0) is 94.1 Å². The summed E-state index contributed by atoms with van der Waals surface area (Å²) in [6.07, 6.45) is 5.04. The summed E-state index contributed by atoms with van der Waals surface area (Å²) in [5.74, 6) is -0.348. The number of hydrogen-bond donors (Lipinski definition) is 1. The Labute approximate surface area is 236 Å². The fraction of sp³-hybridized carbons (Fsp3) is 0.406. The standard InChI is InChI=1S/C26H36N4O2.C6H4F2/c1-6-30(5)26(2,3)25(32)29(4)15-9-10-19-12-13-20-17-22(18-21(20)16-19)24(31)28-23-11-7-8-14-27-23;7-5-2-1-3-6(8)4-5/h7-8,11-14,16,22H,6,9-10,15,17-18H2,1-5H3,(H,27,28,31);1-4H/t22-;/m1./s1. The number of carbonyl (C=O) groups excluding carboxylic acids is 2. The molecule has 0 bridgehead atoms. The fourth-order valence-electron chi connectivity index (χ4n) is 4.78. The molecule has 0 fully saturated rings. The molecule has 1 N–H and O–H groups in total. The number of amides is 2. The molecule has 40 heavy (non-hydrogen) atoms. The van der Waals surface area contributed by atoms with Gasteiger partial charge in [0.1, 0.15) is 17.5 Å². The lowest BCUT2D eigenvalue weighted by molar-refractivity contribution is -0.140. The second-order valence-electron chi connectivity index (χ2n) is 10.8. The number of hydrogen-bond acceptors (Lipinski definition) is 4. The van der Waals surface area contributed by atoms with Crippen molar-refractivity contribution in [2.45, 2.75) is 52.0 Å². The molecule has 0 radical (unpaired) electrons. The van der Waals surface area contributed by atoms with Crippen LogP contribution in [0.15, 0.2) is 66.9 Å². The van der Waals surface area contributed by atoms with Crippen molar-refractivity contribution < 1.29 is 18.4 Å². The van der Waals surface area contributed by atoms with Crippen LogP contribution < -0.4 is 5.32 Å². The van der Waals surface area contributed by atoms with Crippen LogP contribution in [0.25, 0.3) is 0 Å². The summed E-state index contributed by atoms with van der Waals surface area (Å²) < 4.78 is 23.9. The van der Waals surface area contributed by atoms with E-state index in [0.717, 1.165) is 44.8 Å². The molecular formula is C32H40F2N4O2. The van der Waals surface area contributed by atoms with E-state index in [1.807, 2.05) is 45.0 Å². The Morgan fingerprint density at radius 2 is 1.68 bits per heavy atom. The average molecular weight is 551 g/mol. The molecule has 0 saturated carbocycles. The summed E-state index contributed by atoms with van der Waals surface area (Å²) in [5, 5.41) is 2.92. The molecule has 1 aliphatic carbocycles. The zero-order chi connectivity index (χ0) is 29.3. The summed E-state index contributed by atoms with van der Waals surface area (Å²) in [6.45, 7) is 7.59. The molecule has 4 rings (SSSR count). The Balaban J connectivity index is 0.000000472. The third-order valence-electron chi connectivity index (χ3n) is 7.53. The van der Waals surface area contributed by atoms with Crippen molar-refractivity contribution in [1.29, 1.82) is 0 Å². The predicted octanol–water partition coefficient (Wildman–Crippen LogP) is 5.52. The molecule has 1 aliphatic rings. The summed E-state index contributed by atoms with van der Waals surface area (Å²) in [4.78, 5) is 33.6. The minimum atomic E-state index is -0.537. The molecule has 3 aromatic rings. The lowest BCUT2D eigenvalue weighted by Gasteiger charge is -2.36. The third kappa shape index (κ3) is 8.42. The first-order valence-electron chi connectivity index (χ1n) is 13.7. The van der Waals surface area contributed by atoms with Gasteiger partial charge in [0.05, 0.1) is 5.54 Å². The van der Waals surface area contributed by atoms with E-state index in [2.05, 4.69) is 40.3 Å². The molecule has 0 spiro atoms. The predicted molar refractivity (Wildman–Crippen MR) is 155 cm³/mol. The molecule has 0 saturated heterocycles. The van der Waals surface area contributed by atoms with E-state index in [-0.39, 0.29) is 17.7 Å². The van der Waals surface area contributed by atoms with Gasteiger partial charge in [0.25, 0.3) is 0 Å². The molecule has 0 aliphatic heterocycles. The van der Waals surface area contributed by atoms with Crippen LogP contribution in [-0.4, -0.2) is 59.3 Å². The molecular weight excluding hydrogens is 510 g/mol. The summed E-state index contributed by atoms with van der Waals surface area (Å²) in [5.41, 5.74) is 3.28. The van der Waals surface area contributed by atoms with Gasteiger partial charge < -0.3 is 10.2 Å². The monoisotopic (exact) mass is 550 g/mol. The summed E-state index contributed by atoms with van der Waals surface area (Å²) in [7, 11) is 3.88. The minimum absolute atomic E-state index is 0.0289.